The van der Waals surface area contributed by atoms with Crippen molar-refractivity contribution in [3.63, 3.8) is 0 Å². The number of aliphatic imine (C=N–C) groups is 1. The number of carboxylic acid groups (broad SMARTS) is 1. The van der Waals surface area contributed by atoms with E-state index in [-0.39, 0.29) is 30.8 Å². The summed E-state index contributed by atoms with van der Waals surface area (Å²) in [7, 11) is 0. The van der Waals surface area contributed by atoms with E-state index in [9.17, 15) is 27.9 Å². The van der Waals surface area contributed by atoms with Crippen LogP contribution in [0.5, 0.6) is 0 Å². The van der Waals surface area contributed by atoms with Crippen molar-refractivity contribution >= 4 is 45.0 Å². The van der Waals surface area contributed by atoms with Crippen molar-refractivity contribution in [3.8, 4) is 0 Å². The normalized spacial score (nSPS) is 22.1. The van der Waals surface area contributed by atoms with Gasteiger partial charge in [0.25, 0.3) is 5.92 Å². The first kappa shape index (κ1) is 28.2. The van der Waals surface area contributed by atoms with Gasteiger partial charge in [0, 0.05) is 40.8 Å². The summed E-state index contributed by atoms with van der Waals surface area (Å²) in [6.45, 7) is 2.48. The maximum Gasteiger partial charge on any atom is 0.338 e. The van der Waals surface area contributed by atoms with Crippen LogP contribution in [0.15, 0.2) is 50.5 Å². The molecule has 3 unspecified atom stereocenters. The second kappa shape index (κ2) is 11.5. The highest BCUT2D eigenvalue weighted by Crippen LogP contribution is 2.39. The van der Waals surface area contributed by atoms with Crippen molar-refractivity contribution in [3.05, 3.63) is 61.9 Å². The zero-order valence-corrected chi connectivity index (χ0v) is 23.0. The fourth-order valence-electron chi connectivity index (χ4n) is 4.66. The lowest BCUT2D eigenvalue weighted by Crippen LogP contribution is -2.42. The minimum atomic E-state index is -3.02. The van der Waals surface area contributed by atoms with Gasteiger partial charge in [-0.2, -0.15) is 0 Å². The highest BCUT2D eigenvalue weighted by molar-refractivity contribution is 9.10. The molecule has 0 amide bonds. The van der Waals surface area contributed by atoms with E-state index in [1.54, 1.807) is 18.5 Å². The standard InChI is InChI=1S/C25H26BrF3N4O4S/c1-3-37-24(36)19-18(11-33-12-25(28,29)10-15(33)8-13(2)23(34)35)31-21(22-30-6-7-38-22)32-20(19)16-5-4-14(27)9-17(16)26/h4-7,9,13,15,20H,3,8,10-12H2,1-2H3,(H,31,32)(H,34,35). The maximum absolute atomic E-state index is 14.6. The van der Waals surface area contributed by atoms with Gasteiger partial charge in [-0.25, -0.2) is 22.9 Å². The molecule has 1 aromatic heterocycles. The highest BCUT2D eigenvalue weighted by atomic mass is 79.9. The van der Waals surface area contributed by atoms with Crippen LogP contribution < -0.4 is 5.32 Å². The predicted octanol–water partition coefficient (Wildman–Crippen LogP) is 4.77. The molecule has 1 aromatic carbocycles. The van der Waals surface area contributed by atoms with E-state index in [0.29, 0.717) is 20.9 Å². The van der Waals surface area contributed by atoms with E-state index < -0.39 is 54.6 Å². The van der Waals surface area contributed by atoms with E-state index in [1.807, 2.05) is 0 Å². The number of alkyl halides is 2. The molecule has 0 spiro atoms. The van der Waals surface area contributed by atoms with Gasteiger partial charge in [-0.05, 0) is 31.0 Å². The second-order valence-corrected chi connectivity index (χ2v) is 11.0. The van der Waals surface area contributed by atoms with Gasteiger partial charge in [-0.15, -0.1) is 11.3 Å². The van der Waals surface area contributed by atoms with E-state index in [0.717, 1.165) is 0 Å². The van der Waals surface area contributed by atoms with Crippen LogP contribution in [0.2, 0.25) is 0 Å². The summed E-state index contributed by atoms with van der Waals surface area (Å²) >= 11 is 4.65. The number of rotatable bonds is 9. The van der Waals surface area contributed by atoms with Crippen molar-refractivity contribution in [2.75, 3.05) is 19.7 Å². The Labute approximate surface area is 229 Å². The number of nitrogens with zero attached hydrogens (tertiary/aromatic N) is 3. The minimum Gasteiger partial charge on any atom is -0.481 e. The summed E-state index contributed by atoms with van der Waals surface area (Å²) < 4.78 is 48.7. The summed E-state index contributed by atoms with van der Waals surface area (Å²) in [6, 6.07) is 2.32. The Hall–Kier alpha value is -2.77. The fraction of sp³-hybridized carbons (Fsp3) is 0.440. The van der Waals surface area contributed by atoms with E-state index in [4.69, 9.17) is 9.73 Å². The number of aromatic nitrogens is 1. The number of likely N-dealkylation sites (tertiary alicyclic amines) is 1. The molecule has 0 bridgehead atoms. The van der Waals surface area contributed by atoms with Gasteiger partial charge >= 0.3 is 11.9 Å². The van der Waals surface area contributed by atoms with Gasteiger partial charge in [0.1, 0.15) is 11.9 Å². The number of halogens is 4. The van der Waals surface area contributed by atoms with E-state index in [1.165, 1.54) is 41.4 Å². The molecule has 3 heterocycles. The molecule has 1 fully saturated rings. The van der Waals surface area contributed by atoms with Crippen LogP contribution in [0.4, 0.5) is 13.2 Å². The number of hydrogen-bond acceptors (Lipinski definition) is 8. The lowest BCUT2D eigenvalue weighted by molar-refractivity contribution is -0.142. The number of aliphatic carboxylic acids is 1. The molecule has 13 heteroatoms. The van der Waals surface area contributed by atoms with Crippen LogP contribution in [0, 0.1) is 11.7 Å². The van der Waals surface area contributed by atoms with Crippen LogP contribution in [-0.4, -0.2) is 64.4 Å². The molecule has 204 valence electrons. The number of amidine groups is 1. The van der Waals surface area contributed by atoms with Crippen molar-refractivity contribution in [2.24, 2.45) is 10.9 Å². The maximum atomic E-state index is 14.6. The molecule has 2 aliphatic rings. The van der Waals surface area contributed by atoms with Crippen molar-refractivity contribution in [1.29, 1.82) is 0 Å². The monoisotopic (exact) mass is 614 g/mol. The number of carbonyl (C=O) groups is 2. The van der Waals surface area contributed by atoms with Gasteiger partial charge in [-0.3, -0.25) is 14.7 Å². The second-order valence-electron chi connectivity index (χ2n) is 9.21. The summed E-state index contributed by atoms with van der Waals surface area (Å²) in [4.78, 5) is 35.2. The third-order valence-electron chi connectivity index (χ3n) is 6.41. The quantitative estimate of drug-likeness (QED) is 0.392. The van der Waals surface area contributed by atoms with Crippen molar-refractivity contribution in [2.45, 2.75) is 44.7 Å². The Balaban J connectivity index is 1.80. The topological polar surface area (TPSA) is 104 Å². The van der Waals surface area contributed by atoms with Gasteiger partial charge in [0.2, 0.25) is 0 Å². The summed E-state index contributed by atoms with van der Waals surface area (Å²) in [6.07, 6.45) is 1.11. The number of hydrogen-bond donors (Lipinski definition) is 2. The Bertz CT molecular complexity index is 1270. The summed E-state index contributed by atoms with van der Waals surface area (Å²) in [5.74, 6) is -5.78. The van der Waals surface area contributed by atoms with Gasteiger partial charge in [-0.1, -0.05) is 28.9 Å². The molecule has 8 nitrogen and oxygen atoms in total. The predicted molar refractivity (Wildman–Crippen MR) is 139 cm³/mol. The molecule has 4 rings (SSSR count). The van der Waals surface area contributed by atoms with Gasteiger partial charge in [0.15, 0.2) is 10.8 Å². The van der Waals surface area contributed by atoms with Gasteiger partial charge in [0.05, 0.1) is 24.6 Å². The molecule has 2 N–H and O–H groups in total. The summed E-state index contributed by atoms with van der Waals surface area (Å²) in [5, 5.41) is 14.7. The minimum absolute atomic E-state index is 0.0211. The SMILES string of the molecule is CCOC(=O)C1=C(CN2CC(F)(F)CC2CC(C)C(=O)O)NC(c2nccs2)=NC1c1ccc(F)cc1Br. The van der Waals surface area contributed by atoms with E-state index >= 15 is 0 Å². The molecule has 2 aliphatic heterocycles. The number of nitrogens with one attached hydrogen (secondary N) is 1. The third kappa shape index (κ3) is 6.26. The third-order valence-corrected chi connectivity index (χ3v) is 7.87. The molecular weight excluding hydrogens is 589 g/mol. The Kier molecular flexibility index (Phi) is 8.58. The number of benzene rings is 1. The molecule has 3 atom stereocenters. The average Bonchev–Trinajstić information content (AvgIpc) is 3.46. The Morgan fingerprint density at radius 2 is 2.16 bits per heavy atom. The van der Waals surface area contributed by atoms with Crippen molar-refractivity contribution < 1.29 is 32.6 Å². The van der Waals surface area contributed by atoms with E-state index in [2.05, 4.69) is 26.2 Å². The van der Waals surface area contributed by atoms with Crippen LogP contribution in [0.1, 0.15) is 43.3 Å². The number of ether oxygens (including phenoxy) is 1. The number of carboxylic acids is 1. The largest absolute Gasteiger partial charge is 0.481 e. The first-order valence-corrected chi connectivity index (χ1v) is 13.6. The smallest absolute Gasteiger partial charge is 0.338 e. The molecule has 38 heavy (non-hydrogen) atoms. The lowest BCUT2D eigenvalue weighted by atomic mass is 9.94. The number of esters is 1. The zero-order chi connectivity index (χ0) is 27.6. The molecule has 2 aromatic rings. The fourth-order valence-corrected chi connectivity index (χ4v) is 5.82. The molecule has 0 aliphatic carbocycles. The Morgan fingerprint density at radius 3 is 2.79 bits per heavy atom. The number of thiazole rings is 1. The number of carbonyl (C=O) groups excluding carboxylic acids is 1. The molecule has 0 saturated carbocycles. The van der Waals surface area contributed by atoms with Crippen LogP contribution in [0.3, 0.4) is 0 Å². The molecule has 1 saturated heterocycles. The summed E-state index contributed by atoms with van der Waals surface area (Å²) in [5.41, 5.74) is 0.862. The first-order chi connectivity index (χ1) is 18.0. The lowest BCUT2D eigenvalue weighted by Gasteiger charge is -2.32. The molecular formula is C25H26BrF3N4O4S. The van der Waals surface area contributed by atoms with Crippen LogP contribution >= 0.6 is 27.3 Å². The molecule has 0 radical (unpaired) electrons. The van der Waals surface area contributed by atoms with Crippen LogP contribution in [-0.2, 0) is 14.3 Å². The highest BCUT2D eigenvalue weighted by Gasteiger charge is 2.46. The van der Waals surface area contributed by atoms with Crippen LogP contribution in [0.25, 0.3) is 0 Å². The Morgan fingerprint density at radius 1 is 1.39 bits per heavy atom. The average molecular weight is 615 g/mol. The zero-order valence-electron chi connectivity index (χ0n) is 20.6. The van der Waals surface area contributed by atoms with Crippen molar-refractivity contribution in [1.82, 2.24) is 15.2 Å². The first-order valence-electron chi connectivity index (χ1n) is 11.9. The van der Waals surface area contributed by atoms with Gasteiger partial charge < -0.3 is 15.2 Å².